The quantitative estimate of drug-likeness (QED) is 0.744. The Balaban J connectivity index is 3.12. The number of halogens is 3. The van der Waals surface area contributed by atoms with Crippen LogP contribution < -0.4 is 0 Å². The fraction of sp³-hybridized carbons (Fsp3) is 1.00. The summed E-state index contributed by atoms with van der Waals surface area (Å²) in [6, 6.07) is 0. The monoisotopic (exact) mass is 272 g/mol. The molecule has 1 heterocycles. The van der Waals surface area contributed by atoms with Crippen LogP contribution in [0.5, 0.6) is 0 Å². The average molecular weight is 273 g/mol. The lowest BCUT2D eigenvalue weighted by molar-refractivity contribution is -0.190. The summed E-state index contributed by atoms with van der Waals surface area (Å²) in [6.45, 7) is 6.31. The second-order valence-corrected chi connectivity index (χ2v) is 5.90. The van der Waals surface area contributed by atoms with Gasteiger partial charge in [0, 0.05) is 6.42 Å². The lowest BCUT2D eigenvalue weighted by Crippen LogP contribution is -2.56. The maximum atomic E-state index is 13.2. The number of rotatable bonds is 1. The van der Waals surface area contributed by atoms with Gasteiger partial charge in [-0.1, -0.05) is 0 Å². The third-order valence-corrected chi connectivity index (χ3v) is 3.33. The fourth-order valence-electron chi connectivity index (χ4n) is 2.08. The van der Waals surface area contributed by atoms with Crippen molar-refractivity contribution in [3.63, 3.8) is 0 Å². The summed E-state index contributed by atoms with van der Waals surface area (Å²) in [7, 11) is 0. The minimum atomic E-state index is -3.35. The molecule has 0 aromatic heterocycles. The van der Waals surface area contributed by atoms with Gasteiger partial charge >= 0.3 is 4.83 Å². The van der Waals surface area contributed by atoms with Crippen molar-refractivity contribution in [2.75, 3.05) is 0 Å². The Labute approximate surface area is 90.8 Å². The number of hydrogen-bond acceptors (Lipinski definition) is 2. The van der Waals surface area contributed by atoms with Crippen molar-refractivity contribution in [2.45, 2.75) is 55.8 Å². The fourth-order valence-corrected chi connectivity index (χ4v) is 2.70. The van der Waals surface area contributed by atoms with Crippen LogP contribution in [0.4, 0.5) is 8.78 Å². The van der Waals surface area contributed by atoms with Gasteiger partial charge in [-0.05, 0) is 43.6 Å². The van der Waals surface area contributed by atoms with Crippen molar-refractivity contribution >= 4 is 15.9 Å². The highest BCUT2D eigenvalue weighted by molar-refractivity contribution is 9.10. The summed E-state index contributed by atoms with van der Waals surface area (Å²) >= 11 is 2.23. The van der Waals surface area contributed by atoms with Gasteiger partial charge in [0.15, 0.2) is 5.60 Å². The molecule has 84 valence electrons. The van der Waals surface area contributed by atoms with Gasteiger partial charge in [0.25, 0.3) is 0 Å². The highest BCUT2D eigenvalue weighted by Gasteiger charge is 2.67. The van der Waals surface area contributed by atoms with Crippen LogP contribution in [0.2, 0.25) is 0 Å². The molecule has 0 spiro atoms. The molecular formula is C9H15BrF2O2. The van der Waals surface area contributed by atoms with E-state index in [9.17, 15) is 13.9 Å². The van der Waals surface area contributed by atoms with Crippen LogP contribution in [0.1, 0.15) is 34.1 Å². The second kappa shape index (κ2) is 2.89. The second-order valence-electron chi connectivity index (χ2n) is 4.91. The third kappa shape index (κ3) is 1.70. The van der Waals surface area contributed by atoms with Crippen molar-refractivity contribution in [1.82, 2.24) is 0 Å². The Hall–Kier alpha value is 0.260. The zero-order chi connectivity index (χ0) is 11.4. The number of aliphatic hydroxyl groups is 1. The molecule has 1 saturated heterocycles. The number of ether oxygens (including phenoxy) is 1. The predicted molar refractivity (Wildman–Crippen MR) is 52.7 cm³/mol. The summed E-state index contributed by atoms with van der Waals surface area (Å²) in [4.78, 5) is -3.35. The van der Waals surface area contributed by atoms with E-state index in [-0.39, 0.29) is 6.42 Å². The predicted octanol–water partition coefficient (Wildman–Crippen LogP) is 2.68. The molecular weight excluding hydrogens is 258 g/mol. The van der Waals surface area contributed by atoms with Crippen LogP contribution in [0.15, 0.2) is 0 Å². The summed E-state index contributed by atoms with van der Waals surface area (Å²) < 4.78 is 31.9. The smallest absolute Gasteiger partial charge is 0.332 e. The van der Waals surface area contributed by atoms with Crippen LogP contribution in [-0.2, 0) is 4.74 Å². The standard InChI is InChI=1S/C9H15BrF2O2/c1-6(2)5-8(13,9(10,11)12)7(3,4)14-6/h13H,5H2,1-4H3. The van der Waals surface area contributed by atoms with Crippen molar-refractivity contribution in [3.05, 3.63) is 0 Å². The van der Waals surface area contributed by atoms with Gasteiger partial charge in [-0.25, -0.2) is 0 Å². The van der Waals surface area contributed by atoms with E-state index in [1.165, 1.54) is 13.8 Å². The lowest BCUT2D eigenvalue weighted by atomic mass is 9.83. The van der Waals surface area contributed by atoms with Gasteiger partial charge in [-0.15, -0.1) is 0 Å². The Kier molecular flexibility index (Phi) is 2.55. The molecule has 1 fully saturated rings. The first-order valence-electron chi connectivity index (χ1n) is 4.41. The molecule has 1 N–H and O–H groups in total. The van der Waals surface area contributed by atoms with Gasteiger partial charge in [0.1, 0.15) is 0 Å². The molecule has 1 rings (SSSR count). The average Bonchev–Trinajstić information content (AvgIpc) is 1.94. The minimum Gasteiger partial charge on any atom is -0.380 e. The Morgan fingerprint density at radius 2 is 1.71 bits per heavy atom. The van der Waals surface area contributed by atoms with Crippen LogP contribution in [0.25, 0.3) is 0 Å². The molecule has 1 atom stereocenters. The molecule has 0 radical (unpaired) electrons. The van der Waals surface area contributed by atoms with Gasteiger partial charge in [-0.2, -0.15) is 8.78 Å². The zero-order valence-electron chi connectivity index (χ0n) is 8.70. The molecule has 2 nitrogen and oxygen atoms in total. The van der Waals surface area contributed by atoms with Crippen LogP contribution in [0.3, 0.4) is 0 Å². The first-order chi connectivity index (χ1) is 5.91. The third-order valence-electron chi connectivity index (χ3n) is 2.68. The van der Waals surface area contributed by atoms with E-state index in [0.717, 1.165) is 0 Å². The summed E-state index contributed by atoms with van der Waals surface area (Å²) in [5.74, 6) is 0. The van der Waals surface area contributed by atoms with E-state index < -0.39 is 21.6 Å². The molecule has 0 saturated carbocycles. The van der Waals surface area contributed by atoms with E-state index in [1.807, 2.05) is 0 Å². The Morgan fingerprint density at radius 3 is 1.86 bits per heavy atom. The first kappa shape index (κ1) is 12.3. The highest BCUT2D eigenvalue weighted by atomic mass is 79.9. The van der Waals surface area contributed by atoms with Crippen LogP contribution >= 0.6 is 15.9 Å². The molecule has 5 heteroatoms. The normalized spacial score (nSPS) is 36.0. The maximum absolute atomic E-state index is 13.2. The van der Waals surface area contributed by atoms with Gasteiger partial charge < -0.3 is 9.84 Å². The summed E-state index contributed by atoms with van der Waals surface area (Å²) in [6.07, 6.45) is -0.106. The van der Waals surface area contributed by atoms with E-state index in [2.05, 4.69) is 15.9 Å². The molecule has 0 amide bonds. The van der Waals surface area contributed by atoms with E-state index in [1.54, 1.807) is 13.8 Å². The van der Waals surface area contributed by atoms with Crippen LogP contribution in [-0.4, -0.2) is 26.7 Å². The topological polar surface area (TPSA) is 29.5 Å². The molecule has 1 aliphatic rings. The zero-order valence-corrected chi connectivity index (χ0v) is 10.3. The molecule has 0 aromatic rings. The lowest BCUT2D eigenvalue weighted by Gasteiger charge is -2.37. The van der Waals surface area contributed by atoms with Crippen molar-refractivity contribution < 1.29 is 18.6 Å². The van der Waals surface area contributed by atoms with E-state index in [0.29, 0.717) is 0 Å². The van der Waals surface area contributed by atoms with Gasteiger partial charge in [0.05, 0.1) is 11.2 Å². The van der Waals surface area contributed by atoms with E-state index in [4.69, 9.17) is 4.74 Å². The SMILES string of the molecule is CC1(C)CC(O)(C(F)(F)Br)C(C)(C)O1. The largest absolute Gasteiger partial charge is 0.380 e. The molecule has 0 bridgehead atoms. The molecule has 1 unspecified atom stereocenters. The number of hydrogen-bond donors (Lipinski definition) is 1. The molecule has 14 heavy (non-hydrogen) atoms. The maximum Gasteiger partial charge on any atom is 0.332 e. The molecule has 0 aliphatic carbocycles. The van der Waals surface area contributed by atoms with Gasteiger partial charge in [-0.3, -0.25) is 0 Å². The highest BCUT2D eigenvalue weighted by Crippen LogP contribution is 2.54. The summed E-state index contributed by atoms with van der Waals surface area (Å²) in [5.41, 5.74) is -4.19. The first-order valence-corrected chi connectivity index (χ1v) is 5.20. The number of alkyl halides is 3. The molecule has 1 aliphatic heterocycles. The van der Waals surface area contributed by atoms with Crippen molar-refractivity contribution in [1.29, 1.82) is 0 Å². The Bertz CT molecular complexity index is 248. The molecule has 0 aromatic carbocycles. The van der Waals surface area contributed by atoms with Gasteiger partial charge in [0.2, 0.25) is 0 Å². The van der Waals surface area contributed by atoms with Crippen molar-refractivity contribution in [2.24, 2.45) is 0 Å². The van der Waals surface area contributed by atoms with E-state index >= 15 is 0 Å². The van der Waals surface area contributed by atoms with Crippen molar-refractivity contribution in [3.8, 4) is 0 Å². The summed E-state index contributed by atoms with van der Waals surface area (Å²) in [5, 5.41) is 9.97. The van der Waals surface area contributed by atoms with Crippen LogP contribution in [0, 0.1) is 0 Å². The minimum absolute atomic E-state index is 0.106. The Morgan fingerprint density at radius 1 is 1.29 bits per heavy atom.